The van der Waals surface area contributed by atoms with Gasteiger partial charge < -0.3 is 10.0 Å². The summed E-state index contributed by atoms with van der Waals surface area (Å²) in [6, 6.07) is 8.36. The van der Waals surface area contributed by atoms with Crippen molar-refractivity contribution in [3.8, 4) is 0 Å². The molecule has 2 heterocycles. The summed E-state index contributed by atoms with van der Waals surface area (Å²) < 4.78 is 5.81. The maximum absolute atomic E-state index is 10.9. The van der Waals surface area contributed by atoms with Gasteiger partial charge in [0.15, 0.2) is 0 Å². The summed E-state index contributed by atoms with van der Waals surface area (Å²) in [6.07, 6.45) is 3.29. The van der Waals surface area contributed by atoms with Crippen LogP contribution >= 0.6 is 11.5 Å². The summed E-state index contributed by atoms with van der Waals surface area (Å²) in [5.74, 6) is 0.631. The summed E-state index contributed by atoms with van der Waals surface area (Å²) in [7, 11) is 0. The average Bonchev–Trinajstić information content (AvgIpc) is 2.89. The topological polar surface area (TPSA) is 53.4 Å². The van der Waals surface area contributed by atoms with E-state index < -0.39 is 6.09 Å². The molecule has 4 nitrogen and oxygen atoms in total. The second kappa shape index (κ2) is 5.79. The molecular formula is C15H18N2O2S. The van der Waals surface area contributed by atoms with Crippen molar-refractivity contribution in [2.75, 3.05) is 13.1 Å². The van der Waals surface area contributed by atoms with Crippen molar-refractivity contribution in [2.24, 2.45) is 5.92 Å². The number of amides is 1. The molecule has 0 radical (unpaired) electrons. The van der Waals surface area contributed by atoms with Crippen LogP contribution in [-0.2, 0) is 6.42 Å². The van der Waals surface area contributed by atoms with Crippen LogP contribution in [0.15, 0.2) is 24.3 Å². The zero-order valence-corrected chi connectivity index (χ0v) is 12.1. The van der Waals surface area contributed by atoms with Gasteiger partial charge in [-0.2, -0.15) is 4.37 Å². The van der Waals surface area contributed by atoms with Gasteiger partial charge in [-0.1, -0.05) is 18.2 Å². The van der Waals surface area contributed by atoms with Crippen LogP contribution in [0.4, 0.5) is 4.79 Å². The highest BCUT2D eigenvalue weighted by molar-refractivity contribution is 7.13. The normalized spacial score (nSPS) is 16.7. The molecule has 106 valence electrons. The van der Waals surface area contributed by atoms with Crippen LogP contribution in [0.1, 0.15) is 25.0 Å². The molecule has 0 spiro atoms. The van der Waals surface area contributed by atoms with Crippen molar-refractivity contribution in [2.45, 2.75) is 25.7 Å². The van der Waals surface area contributed by atoms with Gasteiger partial charge >= 0.3 is 6.09 Å². The minimum Gasteiger partial charge on any atom is -0.465 e. The Hall–Kier alpha value is -1.62. The lowest BCUT2D eigenvalue weighted by Gasteiger charge is -2.29. The van der Waals surface area contributed by atoms with Crippen molar-refractivity contribution >= 4 is 27.7 Å². The molecule has 1 N–H and O–H groups in total. The predicted octanol–water partition coefficient (Wildman–Crippen LogP) is 3.62. The first-order chi connectivity index (χ1) is 9.74. The van der Waals surface area contributed by atoms with Crippen molar-refractivity contribution in [3.63, 3.8) is 0 Å². The Morgan fingerprint density at radius 2 is 2.10 bits per heavy atom. The smallest absolute Gasteiger partial charge is 0.407 e. The number of fused-ring (bicyclic) bond motifs is 1. The third-order valence-electron chi connectivity index (χ3n) is 4.13. The first kappa shape index (κ1) is 13.4. The number of rotatable bonds is 3. The lowest BCUT2D eigenvalue weighted by atomic mass is 9.91. The number of benzene rings is 1. The fourth-order valence-corrected chi connectivity index (χ4v) is 3.69. The third kappa shape index (κ3) is 2.77. The first-order valence-electron chi connectivity index (χ1n) is 7.05. The number of aryl methyl sites for hydroxylation is 1. The molecule has 0 saturated carbocycles. The summed E-state index contributed by atoms with van der Waals surface area (Å²) >= 11 is 1.57. The van der Waals surface area contributed by atoms with Crippen molar-refractivity contribution in [1.82, 2.24) is 9.27 Å². The molecule has 1 aliphatic rings. The second-order valence-electron chi connectivity index (χ2n) is 5.38. The molecule has 1 aliphatic heterocycles. The van der Waals surface area contributed by atoms with E-state index in [2.05, 4.69) is 22.6 Å². The Bertz CT molecular complexity index is 603. The zero-order valence-electron chi connectivity index (χ0n) is 11.3. The molecule has 1 aromatic heterocycles. The number of aromatic nitrogens is 1. The summed E-state index contributed by atoms with van der Waals surface area (Å²) in [4.78, 5) is 12.4. The van der Waals surface area contributed by atoms with E-state index in [1.807, 2.05) is 6.07 Å². The van der Waals surface area contributed by atoms with E-state index in [-0.39, 0.29) is 0 Å². The van der Waals surface area contributed by atoms with E-state index in [0.717, 1.165) is 25.7 Å². The van der Waals surface area contributed by atoms with E-state index in [4.69, 9.17) is 5.11 Å². The Balaban J connectivity index is 1.57. The minimum atomic E-state index is -0.783. The molecule has 1 saturated heterocycles. The number of carboxylic acid groups (broad SMARTS) is 1. The molecule has 2 aromatic rings. The SMILES string of the molecule is O=C(O)N1CCC(CCc2nsc3ccccc23)CC1. The van der Waals surface area contributed by atoms with E-state index in [0.29, 0.717) is 19.0 Å². The van der Waals surface area contributed by atoms with E-state index >= 15 is 0 Å². The largest absolute Gasteiger partial charge is 0.465 e. The van der Waals surface area contributed by atoms with Gasteiger partial charge in [-0.3, -0.25) is 0 Å². The number of piperidine rings is 1. The molecule has 0 aliphatic carbocycles. The summed E-state index contributed by atoms with van der Waals surface area (Å²) in [6.45, 7) is 1.36. The molecule has 0 unspecified atom stereocenters. The van der Waals surface area contributed by atoms with Gasteiger partial charge in [0.25, 0.3) is 0 Å². The molecule has 5 heteroatoms. The Kier molecular flexibility index (Phi) is 3.87. The number of carbonyl (C=O) groups is 1. The van der Waals surface area contributed by atoms with Gasteiger partial charge in [-0.05, 0) is 49.2 Å². The molecular weight excluding hydrogens is 272 g/mol. The highest BCUT2D eigenvalue weighted by atomic mass is 32.1. The van der Waals surface area contributed by atoms with Crippen LogP contribution < -0.4 is 0 Å². The van der Waals surface area contributed by atoms with Gasteiger partial charge in [0.2, 0.25) is 0 Å². The second-order valence-corrected chi connectivity index (χ2v) is 6.18. The Morgan fingerprint density at radius 1 is 1.35 bits per heavy atom. The molecule has 3 rings (SSSR count). The maximum atomic E-state index is 10.9. The zero-order chi connectivity index (χ0) is 13.9. The van der Waals surface area contributed by atoms with Crippen molar-refractivity contribution in [3.05, 3.63) is 30.0 Å². The molecule has 20 heavy (non-hydrogen) atoms. The van der Waals surface area contributed by atoms with Crippen molar-refractivity contribution < 1.29 is 9.90 Å². The minimum absolute atomic E-state index is 0.631. The van der Waals surface area contributed by atoms with Crippen molar-refractivity contribution in [1.29, 1.82) is 0 Å². The highest BCUT2D eigenvalue weighted by Crippen LogP contribution is 2.27. The quantitative estimate of drug-likeness (QED) is 0.939. The molecule has 1 fully saturated rings. The van der Waals surface area contributed by atoms with Crippen LogP contribution in [0, 0.1) is 5.92 Å². The third-order valence-corrected chi connectivity index (χ3v) is 4.99. The van der Waals surface area contributed by atoms with Gasteiger partial charge in [-0.25, -0.2) is 4.79 Å². The molecule has 0 atom stereocenters. The van der Waals surface area contributed by atoms with E-state index in [1.54, 1.807) is 11.5 Å². The van der Waals surface area contributed by atoms with Crippen LogP contribution in [0.5, 0.6) is 0 Å². The highest BCUT2D eigenvalue weighted by Gasteiger charge is 2.22. The number of nitrogens with zero attached hydrogens (tertiary/aromatic N) is 2. The van der Waals surface area contributed by atoms with Crippen LogP contribution in [0.2, 0.25) is 0 Å². The fraction of sp³-hybridized carbons (Fsp3) is 0.467. The molecule has 1 aromatic carbocycles. The van der Waals surface area contributed by atoms with Gasteiger partial charge in [0, 0.05) is 18.5 Å². The standard InChI is InChI=1S/C15H18N2O2S/c18-15(19)17-9-7-11(8-10-17)5-6-13-12-3-1-2-4-14(12)20-16-13/h1-4,11H,5-10H2,(H,18,19). The number of likely N-dealkylation sites (tertiary alicyclic amines) is 1. The Labute approximate surface area is 122 Å². The van der Waals surface area contributed by atoms with Crippen LogP contribution in [-0.4, -0.2) is 33.6 Å². The predicted molar refractivity (Wildman–Crippen MR) is 80.3 cm³/mol. The van der Waals surface area contributed by atoms with Crippen LogP contribution in [0.3, 0.4) is 0 Å². The number of hydrogen-bond acceptors (Lipinski definition) is 3. The first-order valence-corrected chi connectivity index (χ1v) is 7.82. The molecule has 1 amide bonds. The lowest BCUT2D eigenvalue weighted by molar-refractivity contribution is 0.123. The van der Waals surface area contributed by atoms with Gasteiger partial charge in [0.1, 0.15) is 0 Å². The van der Waals surface area contributed by atoms with Crippen LogP contribution in [0.25, 0.3) is 10.1 Å². The Morgan fingerprint density at radius 3 is 2.85 bits per heavy atom. The monoisotopic (exact) mass is 290 g/mol. The average molecular weight is 290 g/mol. The summed E-state index contributed by atoms with van der Waals surface area (Å²) in [5, 5.41) is 10.2. The lowest BCUT2D eigenvalue weighted by Crippen LogP contribution is -2.37. The maximum Gasteiger partial charge on any atom is 0.407 e. The van der Waals surface area contributed by atoms with Gasteiger partial charge in [0.05, 0.1) is 10.4 Å². The van der Waals surface area contributed by atoms with Gasteiger partial charge in [-0.15, -0.1) is 0 Å². The summed E-state index contributed by atoms with van der Waals surface area (Å²) in [5.41, 5.74) is 1.20. The van der Waals surface area contributed by atoms with E-state index in [9.17, 15) is 4.79 Å². The fourth-order valence-electron chi connectivity index (χ4n) is 2.87. The number of hydrogen-bond donors (Lipinski definition) is 1. The molecule has 0 bridgehead atoms. The van der Waals surface area contributed by atoms with E-state index in [1.165, 1.54) is 20.7 Å².